The van der Waals surface area contributed by atoms with E-state index < -0.39 is 7.12 Å². The Balaban J connectivity index is 2.76. The fourth-order valence-corrected chi connectivity index (χ4v) is 1.56. The normalized spacial score (nSPS) is 12.5. The molecule has 1 N–H and O–H groups in total. The van der Waals surface area contributed by atoms with Crippen molar-refractivity contribution in [1.82, 2.24) is 0 Å². The van der Waals surface area contributed by atoms with Crippen molar-refractivity contribution < 1.29 is 23.5 Å². The maximum Gasteiger partial charge on any atom is 0.491 e. The van der Waals surface area contributed by atoms with Crippen molar-refractivity contribution in [1.29, 1.82) is 0 Å². The third kappa shape index (κ3) is 4.38. The molecular weight excluding hydrogens is 238 g/mol. The van der Waals surface area contributed by atoms with Gasteiger partial charge in [-0.15, -0.1) is 0 Å². The molecule has 0 radical (unpaired) electrons. The highest BCUT2D eigenvalue weighted by Crippen LogP contribution is 2.07. The molecule has 100 valence electrons. The molecule has 0 bridgehead atoms. The zero-order valence-corrected chi connectivity index (χ0v) is 10.9. The number of halogens is 1. The molecule has 1 rings (SSSR count). The predicted octanol–water partition coefficient (Wildman–Crippen LogP) is 1.06. The van der Waals surface area contributed by atoms with Crippen LogP contribution in [0.1, 0.15) is 19.4 Å². The lowest BCUT2D eigenvalue weighted by molar-refractivity contribution is -0.134. The highest BCUT2D eigenvalue weighted by Gasteiger charge is 2.19. The van der Waals surface area contributed by atoms with Gasteiger partial charge in [0, 0.05) is 13.7 Å². The van der Waals surface area contributed by atoms with Crippen molar-refractivity contribution in [2.75, 3.05) is 13.7 Å². The van der Waals surface area contributed by atoms with Crippen LogP contribution >= 0.6 is 0 Å². The van der Waals surface area contributed by atoms with E-state index in [1.165, 1.54) is 25.3 Å². The van der Waals surface area contributed by atoms with Crippen LogP contribution in [-0.4, -0.2) is 32.1 Å². The monoisotopic (exact) mass is 256 g/mol. The summed E-state index contributed by atoms with van der Waals surface area (Å²) >= 11 is 0. The molecule has 0 aromatic heterocycles. The number of hydrogen-bond donors (Lipinski definition) is 1. The van der Waals surface area contributed by atoms with Crippen molar-refractivity contribution in [3.63, 3.8) is 0 Å². The number of ether oxygens (including phenoxy) is 2. The van der Waals surface area contributed by atoms with E-state index in [9.17, 15) is 9.41 Å². The van der Waals surface area contributed by atoms with E-state index in [-0.39, 0.29) is 18.7 Å². The minimum Gasteiger partial charge on any atom is -0.423 e. The van der Waals surface area contributed by atoms with Gasteiger partial charge in [-0.1, -0.05) is 6.07 Å². The maximum absolute atomic E-state index is 13.2. The van der Waals surface area contributed by atoms with E-state index in [1.54, 1.807) is 6.92 Å². The lowest BCUT2D eigenvalue weighted by atomic mass is 9.76. The summed E-state index contributed by atoms with van der Waals surface area (Å²) in [5.74, 6) is -0.385. The zero-order chi connectivity index (χ0) is 13.5. The van der Waals surface area contributed by atoms with Gasteiger partial charge in [0.05, 0.1) is 6.61 Å². The van der Waals surface area contributed by atoms with Gasteiger partial charge in [0.15, 0.2) is 6.29 Å². The Bertz CT molecular complexity index is 375. The molecule has 1 aromatic carbocycles. The molecule has 1 aromatic rings. The van der Waals surface area contributed by atoms with Crippen LogP contribution in [-0.2, 0) is 20.7 Å². The Morgan fingerprint density at radius 3 is 2.72 bits per heavy atom. The molecule has 1 unspecified atom stereocenters. The van der Waals surface area contributed by atoms with E-state index in [4.69, 9.17) is 14.1 Å². The van der Waals surface area contributed by atoms with Crippen LogP contribution < -0.4 is 5.46 Å². The van der Waals surface area contributed by atoms with E-state index in [0.717, 1.165) is 0 Å². The van der Waals surface area contributed by atoms with Gasteiger partial charge in [-0.3, -0.25) is 0 Å². The molecule has 6 heteroatoms. The van der Waals surface area contributed by atoms with Crippen LogP contribution in [0.5, 0.6) is 0 Å². The van der Waals surface area contributed by atoms with Gasteiger partial charge in [-0.05, 0) is 37.0 Å². The number of hydrogen-bond acceptors (Lipinski definition) is 4. The summed E-state index contributed by atoms with van der Waals surface area (Å²) in [5.41, 5.74) is 1.03. The van der Waals surface area contributed by atoms with Crippen LogP contribution in [0.15, 0.2) is 18.2 Å². The van der Waals surface area contributed by atoms with Gasteiger partial charge in [-0.2, -0.15) is 0 Å². The number of rotatable bonds is 7. The Morgan fingerprint density at radius 2 is 2.11 bits per heavy atom. The van der Waals surface area contributed by atoms with Crippen molar-refractivity contribution in [3.05, 3.63) is 29.6 Å². The van der Waals surface area contributed by atoms with Gasteiger partial charge in [0.1, 0.15) is 5.82 Å². The van der Waals surface area contributed by atoms with E-state index in [2.05, 4.69) is 0 Å². The standard InChI is InChI=1S/C12H18BFO4/c1-4-17-9(2)18-8-10-7-11(14)5-6-12(10)13(15)16-3/h5-7,9,15H,4,8H2,1-3H3. The first-order chi connectivity index (χ1) is 8.58. The molecule has 0 aliphatic heterocycles. The highest BCUT2D eigenvalue weighted by molar-refractivity contribution is 6.60. The second-order valence-electron chi connectivity index (χ2n) is 3.77. The van der Waals surface area contributed by atoms with Crippen LogP contribution in [0.2, 0.25) is 0 Å². The van der Waals surface area contributed by atoms with Crippen molar-refractivity contribution >= 4 is 12.6 Å². The summed E-state index contributed by atoms with van der Waals surface area (Å²) in [6.07, 6.45) is -0.384. The van der Waals surface area contributed by atoms with E-state index >= 15 is 0 Å². The lowest BCUT2D eigenvalue weighted by Crippen LogP contribution is -2.35. The molecule has 0 aliphatic carbocycles. The predicted molar refractivity (Wildman–Crippen MR) is 66.9 cm³/mol. The molecule has 4 nitrogen and oxygen atoms in total. The largest absolute Gasteiger partial charge is 0.491 e. The SMILES string of the molecule is CCOC(C)OCc1cc(F)ccc1B(O)OC. The van der Waals surface area contributed by atoms with Crippen molar-refractivity contribution in [2.45, 2.75) is 26.7 Å². The first kappa shape index (κ1) is 15.1. The first-order valence-corrected chi connectivity index (χ1v) is 5.80. The Hall–Kier alpha value is -0.945. The molecule has 0 heterocycles. The Morgan fingerprint density at radius 1 is 1.39 bits per heavy atom. The van der Waals surface area contributed by atoms with Crippen LogP contribution in [0.3, 0.4) is 0 Å². The van der Waals surface area contributed by atoms with Gasteiger partial charge in [-0.25, -0.2) is 4.39 Å². The fourth-order valence-electron chi connectivity index (χ4n) is 1.56. The highest BCUT2D eigenvalue weighted by atomic mass is 19.1. The topological polar surface area (TPSA) is 47.9 Å². The summed E-state index contributed by atoms with van der Waals surface area (Å²) in [6, 6.07) is 4.07. The smallest absolute Gasteiger partial charge is 0.423 e. The summed E-state index contributed by atoms with van der Waals surface area (Å²) in [6.45, 7) is 4.31. The summed E-state index contributed by atoms with van der Waals surface area (Å²) in [4.78, 5) is 0. The van der Waals surface area contributed by atoms with Crippen molar-refractivity contribution in [3.8, 4) is 0 Å². The molecule has 0 aliphatic rings. The fraction of sp³-hybridized carbons (Fsp3) is 0.500. The first-order valence-electron chi connectivity index (χ1n) is 5.80. The Labute approximate surface area is 107 Å². The zero-order valence-electron chi connectivity index (χ0n) is 10.9. The molecule has 0 saturated heterocycles. The minimum atomic E-state index is -1.09. The summed E-state index contributed by atoms with van der Waals surface area (Å²) in [7, 11) is 0.285. The molecule has 0 spiro atoms. The van der Waals surface area contributed by atoms with Gasteiger partial charge in [0.25, 0.3) is 0 Å². The third-order valence-corrected chi connectivity index (χ3v) is 2.47. The van der Waals surface area contributed by atoms with Crippen LogP contribution in [0, 0.1) is 5.82 Å². The minimum absolute atomic E-state index is 0.147. The molecule has 0 saturated carbocycles. The average Bonchev–Trinajstić information content (AvgIpc) is 2.36. The molecule has 0 amide bonds. The summed E-state index contributed by atoms with van der Waals surface area (Å²) < 4.78 is 28.6. The average molecular weight is 256 g/mol. The molecule has 1 atom stereocenters. The third-order valence-electron chi connectivity index (χ3n) is 2.47. The second-order valence-corrected chi connectivity index (χ2v) is 3.77. The molecular formula is C12H18BFO4. The van der Waals surface area contributed by atoms with Crippen LogP contribution in [0.4, 0.5) is 4.39 Å². The van der Waals surface area contributed by atoms with Gasteiger partial charge in [0.2, 0.25) is 0 Å². The summed E-state index contributed by atoms with van der Waals surface area (Å²) in [5, 5.41) is 9.64. The second kappa shape index (κ2) is 7.48. The number of benzene rings is 1. The maximum atomic E-state index is 13.2. The van der Waals surface area contributed by atoms with E-state index in [0.29, 0.717) is 17.6 Å². The Kier molecular flexibility index (Phi) is 6.28. The quantitative estimate of drug-likeness (QED) is 0.585. The molecule has 18 heavy (non-hydrogen) atoms. The molecule has 0 fully saturated rings. The van der Waals surface area contributed by atoms with Crippen LogP contribution in [0.25, 0.3) is 0 Å². The van der Waals surface area contributed by atoms with E-state index in [1.807, 2.05) is 6.92 Å². The van der Waals surface area contributed by atoms with Gasteiger partial charge < -0.3 is 19.2 Å². The van der Waals surface area contributed by atoms with Gasteiger partial charge >= 0.3 is 7.12 Å². The lowest BCUT2D eigenvalue weighted by Gasteiger charge is -2.15. The van der Waals surface area contributed by atoms with Crippen molar-refractivity contribution in [2.24, 2.45) is 0 Å².